The fourth-order valence-electron chi connectivity index (χ4n) is 1.18. The lowest BCUT2D eigenvalue weighted by Gasteiger charge is -1.96. The second kappa shape index (κ2) is 4.24. The van der Waals surface area contributed by atoms with E-state index in [2.05, 4.69) is 15.9 Å². The van der Waals surface area contributed by atoms with Crippen LogP contribution in [0.15, 0.2) is 40.2 Å². The van der Waals surface area contributed by atoms with Crippen LogP contribution in [0.4, 0.5) is 4.39 Å². The Morgan fingerprint density at radius 1 is 1.27 bits per heavy atom. The molecule has 0 aliphatic heterocycles. The zero-order valence-electron chi connectivity index (χ0n) is 7.54. The molecule has 1 aromatic heterocycles. The topological polar surface area (TPSA) is 17.1 Å². The van der Waals surface area contributed by atoms with Crippen molar-refractivity contribution in [3.63, 3.8) is 0 Å². The van der Waals surface area contributed by atoms with Crippen LogP contribution < -0.4 is 0 Å². The van der Waals surface area contributed by atoms with E-state index in [9.17, 15) is 9.18 Å². The molecule has 0 radical (unpaired) electrons. The quantitative estimate of drug-likeness (QED) is 0.765. The van der Waals surface area contributed by atoms with Crippen molar-refractivity contribution in [3.8, 4) is 0 Å². The van der Waals surface area contributed by atoms with Crippen LogP contribution in [0.25, 0.3) is 0 Å². The van der Waals surface area contributed by atoms with Gasteiger partial charge < -0.3 is 0 Å². The lowest BCUT2D eigenvalue weighted by molar-refractivity contribution is 0.104. The Bertz CT molecular complexity index is 490. The van der Waals surface area contributed by atoms with Crippen molar-refractivity contribution < 1.29 is 9.18 Å². The van der Waals surface area contributed by atoms with Gasteiger partial charge in [0.1, 0.15) is 5.82 Å². The van der Waals surface area contributed by atoms with E-state index in [-0.39, 0.29) is 11.6 Å². The molecule has 0 N–H and O–H groups in total. The molecule has 0 saturated carbocycles. The third kappa shape index (κ3) is 2.33. The molecule has 0 atom stereocenters. The first-order chi connectivity index (χ1) is 7.16. The molecule has 1 heterocycles. The third-order valence-corrected chi connectivity index (χ3v) is 3.59. The van der Waals surface area contributed by atoms with Gasteiger partial charge in [0.15, 0.2) is 0 Å². The number of benzene rings is 1. The largest absolute Gasteiger partial charge is 0.288 e. The highest BCUT2D eigenvalue weighted by Gasteiger charge is 2.10. The van der Waals surface area contributed by atoms with Crippen LogP contribution in [-0.4, -0.2) is 5.78 Å². The second-order valence-corrected chi connectivity index (χ2v) is 4.79. The molecule has 76 valence electrons. The normalized spacial score (nSPS) is 10.3. The lowest BCUT2D eigenvalue weighted by atomic mass is 10.1. The first kappa shape index (κ1) is 10.5. The van der Waals surface area contributed by atoms with Crippen molar-refractivity contribution in [2.45, 2.75) is 0 Å². The smallest absolute Gasteiger partial charge is 0.202 e. The summed E-state index contributed by atoms with van der Waals surface area (Å²) in [4.78, 5) is 12.5. The Hall–Kier alpha value is -1.000. The molecular weight excluding hydrogens is 279 g/mol. The van der Waals surface area contributed by atoms with E-state index in [0.717, 1.165) is 4.47 Å². The number of hydrogen-bond donors (Lipinski definition) is 0. The van der Waals surface area contributed by atoms with Gasteiger partial charge in [-0.3, -0.25) is 4.79 Å². The van der Waals surface area contributed by atoms with Gasteiger partial charge in [0, 0.05) is 15.4 Å². The highest BCUT2D eigenvalue weighted by Crippen LogP contribution is 2.22. The van der Waals surface area contributed by atoms with E-state index in [0.29, 0.717) is 10.4 Å². The summed E-state index contributed by atoms with van der Waals surface area (Å²) < 4.78 is 13.5. The minimum atomic E-state index is -0.334. The Labute approximate surface area is 98.7 Å². The standard InChI is InChI=1S/C11H6BrFOS/c12-8-5-10(15-6-8)11(14)7-1-3-9(13)4-2-7/h1-6H. The van der Waals surface area contributed by atoms with Crippen LogP contribution in [0.5, 0.6) is 0 Å². The average molecular weight is 285 g/mol. The zero-order valence-corrected chi connectivity index (χ0v) is 9.94. The fraction of sp³-hybridized carbons (Fsp3) is 0. The van der Waals surface area contributed by atoms with Gasteiger partial charge >= 0.3 is 0 Å². The molecular formula is C11H6BrFOS. The number of rotatable bonds is 2. The van der Waals surface area contributed by atoms with Gasteiger partial charge in [-0.15, -0.1) is 11.3 Å². The lowest BCUT2D eigenvalue weighted by Crippen LogP contribution is -1.97. The van der Waals surface area contributed by atoms with Gasteiger partial charge in [-0.1, -0.05) is 0 Å². The Balaban J connectivity index is 2.32. The van der Waals surface area contributed by atoms with Crippen molar-refractivity contribution >= 4 is 33.0 Å². The average Bonchev–Trinajstić information content (AvgIpc) is 2.65. The van der Waals surface area contributed by atoms with Crippen LogP contribution in [-0.2, 0) is 0 Å². The molecule has 0 unspecified atom stereocenters. The number of halogens is 2. The molecule has 2 aromatic rings. The summed E-state index contributed by atoms with van der Waals surface area (Å²) in [6, 6.07) is 7.32. The molecule has 0 spiro atoms. The minimum Gasteiger partial charge on any atom is -0.288 e. The molecule has 0 bridgehead atoms. The molecule has 0 aliphatic rings. The van der Waals surface area contributed by atoms with Crippen molar-refractivity contribution in [2.24, 2.45) is 0 Å². The summed E-state index contributed by atoms with van der Waals surface area (Å²) in [5, 5.41) is 1.84. The van der Waals surface area contributed by atoms with E-state index in [1.807, 2.05) is 5.38 Å². The maximum Gasteiger partial charge on any atom is 0.202 e. The molecule has 1 aromatic carbocycles. The van der Waals surface area contributed by atoms with Crippen molar-refractivity contribution in [3.05, 3.63) is 56.4 Å². The third-order valence-electron chi connectivity index (χ3n) is 1.90. The van der Waals surface area contributed by atoms with Gasteiger partial charge in [-0.25, -0.2) is 4.39 Å². The number of hydrogen-bond acceptors (Lipinski definition) is 2. The van der Waals surface area contributed by atoms with E-state index in [4.69, 9.17) is 0 Å². The maximum absolute atomic E-state index is 12.6. The highest BCUT2D eigenvalue weighted by molar-refractivity contribution is 9.10. The Kier molecular flexibility index (Phi) is 2.98. The number of carbonyl (C=O) groups is 1. The summed E-state index contributed by atoms with van der Waals surface area (Å²) >= 11 is 4.65. The monoisotopic (exact) mass is 284 g/mol. The molecule has 0 aliphatic carbocycles. The van der Waals surface area contributed by atoms with Crippen molar-refractivity contribution in [1.82, 2.24) is 0 Å². The van der Waals surface area contributed by atoms with E-state index in [1.54, 1.807) is 6.07 Å². The number of carbonyl (C=O) groups excluding carboxylic acids is 1. The predicted molar refractivity (Wildman–Crippen MR) is 61.9 cm³/mol. The molecule has 15 heavy (non-hydrogen) atoms. The molecule has 2 rings (SSSR count). The van der Waals surface area contributed by atoms with E-state index in [1.165, 1.54) is 35.6 Å². The van der Waals surface area contributed by atoms with Gasteiger partial charge in [-0.05, 0) is 46.3 Å². The van der Waals surface area contributed by atoms with Crippen molar-refractivity contribution in [1.29, 1.82) is 0 Å². The Morgan fingerprint density at radius 3 is 2.47 bits per heavy atom. The minimum absolute atomic E-state index is 0.0781. The first-order valence-corrected chi connectivity index (χ1v) is 5.88. The summed E-state index contributed by atoms with van der Waals surface area (Å²) in [5.41, 5.74) is 0.505. The number of thiophene rings is 1. The second-order valence-electron chi connectivity index (χ2n) is 2.97. The van der Waals surface area contributed by atoms with Crippen LogP contribution in [0, 0.1) is 5.82 Å². The first-order valence-electron chi connectivity index (χ1n) is 4.21. The molecule has 0 amide bonds. The molecule has 0 saturated heterocycles. The fourth-order valence-corrected chi connectivity index (χ4v) is 2.56. The van der Waals surface area contributed by atoms with Gasteiger partial charge in [0.25, 0.3) is 0 Å². The molecule has 1 nitrogen and oxygen atoms in total. The summed E-state index contributed by atoms with van der Waals surface area (Å²) in [7, 11) is 0. The molecule has 0 fully saturated rings. The van der Waals surface area contributed by atoms with E-state index >= 15 is 0 Å². The SMILES string of the molecule is O=C(c1ccc(F)cc1)c1cc(Br)cs1. The number of ketones is 1. The van der Waals surface area contributed by atoms with Gasteiger partial charge in [0.2, 0.25) is 5.78 Å². The molecule has 4 heteroatoms. The van der Waals surface area contributed by atoms with Gasteiger partial charge in [0.05, 0.1) is 4.88 Å². The zero-order chi connectivity index (χ0) is 10.8. The van der Waals surface area contributed by atoms with Crippen LogP contribution in [0.1, 0.15) is 15.2 Å². The van der Waals surface area contributed by atoms with Gasteiger partial charge in [-0.2, -0.15) is 0 Å². The maximum atomic E-state index is 12.6. The van der Waals surface area contributed by atoms with E-state index < -0.39 is 0 Å². The van der Waals surface area contributed by atoms with Crippen LogP contribution in [0.2, 0.25) is 0 Å². The summed E-state index contributed by atoms with van der Waals surface area (Å²) in [6.07, 6.45) is 0. The van der Waals surface area contributed by atoms with Crippen LogP contribution in [0.3, 0.4) is 0 Å². The predicted octanol–water partition coefficient (Wildman–Crippen LogP) is 3.88. The summed E-state index contributed by atoms with van der Waals surface area (Å²) in [5.74, 6) is -0.412. The highest BCUT2D eigenvalue weighted by atomic mass is 79.9. The Morgan fingerprint density at radius 2 is 1.93 bits per heavy atom. The van der Waals surface area contributed by atoms with Crippen molar-refractivity contribution in [2.75, 3.05) is 0 Å². The summed E-state index contributed by atoms with van der Waals surface area (Å²) in [6.45, 7) is 0. The van der Waals surface area contributed by atoms with Crippen LogP contribution >= 0.6 is 27.3 Å².